The third-order valence-corrected chi connectivity index (χ3v) is 5.00. The van der Waals surface area contributed by atoms with E-state index in [4.69, 9.17) is 0 Å². The minimum Gasteiger partial charge on any atom is -0.505 e. The van der Waals surface area contributed by atoms with Gasteiger partial charge in [0.1, 0.15) is 16.9 Å². The Bertz CT molecular complexity index is 1210. The highest BCUT2D eigenvalue weighted by Gasteiger charge is 2.24. The Balaban J connectivity index is 2.10. The molecule has 0 spiro atoms. The largest absolute Gasteiger partial charge is 0.505 e. The van der Waals surface area contributed by atoms with Gasteiger partial charge >= 0.3 is 5.97 Å². The molecular weight excluding hydrogens is 417 g/mol. The molecule has 0 aliphatic rings. The normalized spacial score (nSPS) is 10.8. The van der Waals surface area contributed by atoms with Crippen molar-refractivity contribution in [2.24, 2.45) is 0 Å². The van der Waals surface area contributed by atoms with E-state index < -0.39 is 23.2 Å². The highest BCUT2D eigenvalue weighted by molar-refractivity contribution is 6.11. The van der Waals surface area contributed by atoms with Crippen molar-refractivity contribution >= 4 is 28.7 Å². The molecule has 3 aromatic rings. The lowest BCUT2D eigenvalue weighted by Crippen LogP contribution is -2.37. The van der Waals surface area contributed by atoms with Gasteiger partial charge < -0.3 is 20.0 Å². The Morgan fingerprint density at radius 2 is 1.66 bits per heavy atom. The minimum absolute atomic E-state index is 0.00212. The predicted molar refractivity (Wildman–Crippen MR) is 115 cm³/mol. The molecule has 0 unspecified atom stereocenters. The number of likely N-dealkylation sites (N-methyl/N-ethyl adjacent to an activating group) is 2. The maximum absolute atomic E-state index is 13.2. The van der Waals surface area contributed by atoms with E-state index in [0.29, 0.717) is 12.0 Å². The van der Waals surface area contributed by atoms with Crippen molar-refractivity contribution in [3.63, 3.8) is 0 Å². The summed E-state index contributed by atoms with van der Waals surface area (Å²) >= 11 is 0. The monoisotopic (exact) mass is 439 g/mol. The molecule has 166 valence electrons. The van der Waals surface area contributed by atoms with Gasteiger partial charge in [0.05, 0.1) is 12.1 Å². The van der Waals surface area contributed by atoms with Crippen molar-refractivity contribution in [2.75, 3.05) is 27.7 Å². The van der Waals surface area contributed by atoms with Gasteiger partial charge in [0, 0.05) is 32.7 Å². The Kier molecular flexibility index (Phi) is 6.38. The summed E-state index contributed by atoms with van der Waals surface area (Å²) in [4.78, 5) is 43.5. The van der Waals surface area contributed by atoms with E-state index in [0.717, 1.165) is 11.6 Å². The van der Waals surface area contributed by atoms with Gasteiger partial charge in [0.15, 0.2) is 5.75 Å². The van der Waals surface area contributed by atoms with Gasteiger partial charge in [-0.3, -0.25) is 14.6 Å². The molecule has 8 nitrogen and oxygen atoms in total. The van der Waals surface area contributed by atoms with E-state index in [-0.39, 0.29) is 34.7 Å². The quantitative estimate of drug-likeness (QED) is 0.611. The Morgan fingerprint density at radius 3 is 2.25 bits per heavy atom. The van der Waals surface area contributed by atoms with Crippen LogP contribution in [0.1, 0.15) is 31.8 Å². The van der Waals surface area contributed by atoms with Crippen molar-refractivity contribution < 1.29 is 29.0 Å². The van der Waals surface area contributed by atoms with Crippen LogP contribution < -0.4 is 0 Å². The van der Waals surface area contributed by atoms with E-state index in [1.165, 1.54) is 35.2 Å². The van der Waals surface area contributed by atoms with Crippen molar-refractivity contribution in [3.8, 4) is 5.75 Å². The molecule has 0 radical (unpaired) electrons. The summed E-state index contributed by atoms with van der Waals surface area (Å²) in [6.07, 6.45) is 1.85. The second kappa shape index (κ2) is 9.01. The molecule has 32 heavy (non-hydrogen) atoms. The number of phenols is 1. The van der Waals surface area contributed by atoms with Gasteiger partial charge in [-0.1, -0.05) is 12.1 Å². The first-order valence-corrected chi connectivity index (χ1v) is 9.66. The molecule has 1 heterocycles. The topological polar surface area (TPSA) is 111 Å². The third kappa shape index (κ3) is 4.66. The molecule has 0 atom stereocenters. The van der Waals surface area contributed by atoms with Gasteiger partial charge in [-0.25, -0.2) is 9.18 Å². The summed E-state index contributed by atoms with van der Waals surface area (Å²) in [6, 6.07) is 8.63. The molecule has 0 bridgehead atoms. The number of rotatable bonds is 6. The van der Waals surface area contributed by atoms with Crippen LogP contribution in [0.25, 0.3) is 10.9 Å². The standard InChI is InChI=1S/C23H22FN3O5/c1-26(2)19(28)12-27(3)22(30)17-10-18(23(31)32)21(29)20-16(17)9-14(11-25-20)8-13-4-6-15(24)7-5-13/h4-7,9-11,29H,8,12H2,1-3H3,(H,31,32). The lowest BCUT2D eigenvalue weighted by atomic mass is 9.98. The third-order valence-electron chi connectivity index (χ3n) is 5.00. The fourth-order valence-corrected chi connectivity index (χ4v) is 3.22. The number of carboxylic acids is 1. The van der Waals surface area contributed by atoms with Crippen LogP contribution >= 0.6 is 0 Å². The van der Waals surface area contributed by atoms with Crippen LogP contribution in [-0.2, 0) is 11.2 Å². The van der Waals surface area contributed by atoms with Crippen LogP contribution in [0.3, 0.4) is 0 Å². The lowest BCUT2D eigenvalue weighted by Gasteiger charge is -2.20. The number of pyridine rings is 1. The number of aromatic hydroxyl groups is 1. The molecule has 3 rings (SSSR count). The molecule has 0 saturated heterocycles. The fraction of sp³-hybridized carbons (Fsp3) is 0.217. The second-order valence-corrected chi connectivity index (χ2v) is 7.62. The summed E-state index contributed by atoms with van der Waals surface area (Å²) < 4.78 is 13.2. The molecule has 0 aliphatic heterocycles. The molecule has 2 amide bonds. The van der Waals surface area contributed by atoms with E-state index >= 15 is 0 Å². The number of carbonyl (C=O) groups is 3. The maximum Gasteiger partial charge on any atom is 0.339 e. The highest BCUT2D eigenvalue weighted by Crippen LogP contribution is 2.32. The average Bonchev–Trinajstić information content (AvgIpc) is 2.74. The van der Waals surface area contributed by atoms with Gasteiger partial charge in [0.2, 0.25) is 5.91 Å². The van der Waals surface area contributed by atoms with Crippen molar-refractivity contribution in [3.05, 3.63) is 70.7 Å². The van der Waals surface area contributed by atoms with Crippen molar-refractivity contribution in [2.45, 2.75) is 6.42 Å². The number of hydrogen-bond donors (Lipinski definition) is 2. The predicted octanol–water partition coefficient (Wildman–Crippen LogP) is 2.53. The maximum atomic E-state index is 13.2. The van der Waals surface area contributed by atoms with Crippen LogP contribution in [0.2, 0.25) is 0 Å². The number of benzene rings is 2. The zero-order chi connectivity index (χ0) is 23.6. The molecule has 0 aliphatic carbocycles. The van der Waals surface area contributed by atoms with Gasteiger partial charge in [-0.05, 0) is 41.8 Å². The minimum atomic E-state index is -1.41. The summed E-state index contributed by atoms with van der Waals surface area (Å²) in [5, 5.41) is 20.1. The number of carboxylic acid groups (broad SMARTS) is 1. The molecule has 1 aromatic heterocycles. The number of nitrogens with zero attached hydrogens (tertiary/aromatic N) is 3. The SMILES string of the molecule is CN(C)C(=O)CN(C)C(=O)c1cc(C(=O)O)c(O)c2ncc(Cc3ccc(F)cc3)cc12. The second-order valence-electron chi connectivity index (χ2n) is 7.62. The number of hydrogen-bond acceptors (Lipinski definition) is 5. The number of carbonyl (C=O) groups excluding carboxylic acids is 2. The molecule has 9 heteroatoms. The zero-order valence-electron chi connectivity index (χ0n) is 17.8. The van der Waals surface area contributed by atoms with E-state index in [9.17, 15) is 29.0 Å². The number of aromatic carboxylic acids is 1. The van der Waals surface area contributed by atoms with E-state index in [1.807, 2.05) is 0 Å². The Hall–Kier alpha value is -4.01. The smallest absolute Gasteiger partial charge is 0.339 e. The van der Waals surface area contributed by atoms with Crippen LogP contribution in [0, 0.1) is 5.82 Å². The molecule has 2 aromatic carbocycles. The van der Waals surface area contributed by atoms with E-state index in [1.54, 1.807) is 32.3 Å². The first-order valence-electron chi connectivity index (χ1n) is 9.66. The summed E-state index contributed by atoms with van der Waals surface area (Å²) in [5.74, 6) is -3.22. The summed E-state index contributed by atoms with van der Waals surface area (Å²) in [5.41, 5.74) is 0.973. The Labute approximate surface area is 183 Å². The fourth-order valence-electron chi connectivity index (χ4n) is 3.22. The number of amides is 2. The molecule has 0 saturated carbocycles. The summed E-state index contributed by atoms with van der Waals surface area (Å²) in [7, 11) is 4.55. The molecular formula is C23H22FN3O5. The van der Waals surface area contributed by atoms with E-state index in [2.05, 4.69) is 4.98 Å². The van der Waals surface area contributed by atoms with Crippen LogP contribution in [0.15, 0.2) is 42.6 Å². The van der Waals surface area contributed by atoms with Crippen LogP contribution in [-0.4, -0.2) is 70.5 Å². The number of aromatic nitrogens is 1. The molecule has 2 N–H and O–H groups in total. The number of halogens is 1. The number of fused-ring (bicyclic) bond motifs is 1. The van der Waals surface area contributed by atoms with Gasteiger partial charge in [-0.15, -0.1) is 0 Å². The Morgan fingerprint density at radius 1 is 1.00 bits per heavy atom. The lowest BCUT2D eigenvalue weighted by molar-refractivity contribution is -0.129. The summed E-state index contributed by atoms with van der Waals surface area (Å²) in [6.45, 7) is -0.209. The first-order chi connectivity index (χ1) is 15.1. The van der Waals surface area contributed by atoms with Crippen molar-refractivity contribution in [1.29, 1.82) is 0 Å². The highest BCUT2D eigenvalue weighted by atomic mass is 19.1. The van der Waals surface area contributed by atoms with Gasteiger partial charge in [0.25, 0.3) is 5.91 Å². The van der Waals surface area contributed by atoms with Crippen LogP contribution in [0.4, 0.5) is 4.39 Å². The average molecular weight is 439 g/mol. The van der Waals surface area contributed by atoms with Crippen LogP contribution in [0.5, 0.6) is 5.75 Å². The molecule has 0 fully saturated rings. The van der Waals surface area contributed by atoms with Gasteiger partial charge in [-0.2, -0.15) is 0 Å². The van der Waals surface area contributed by atoms with Crippen molar-refractivity contribution in [1.82, 2.24) is 14.8 Å². The zero-order valence-corrected chi connectivity index (χ0v) is 17.8. The first kappa shape index (κ1) is 22.7.